The van der Waals surface area contributed by atoms with E-state index in [-0.39, 0.29) is 0 Å². The van der Waals surface area contributed by atoms with Crippen molar-refractivity contribution in [1.29, 1.82) is 5.41 Å². The molecule has 1 atom stereocenters. The molecule has 15 heavy (non-hydrogen) atoms. The number of nitrogens with one attached hydrogen (secondary N) is 1. The minimum absolute atomic E-state index is 0.578. The van der Waals surface area contributed by atoms with Crippen molar-refractivity contribution in [2.24, 2.45) is 5.92 Å². The predicted octanol–water partition coefficient (Wildman–Crippen LogP) is 2.98. The molecule has 3 heteroatoms. The molecule has 0 amide bonds. The number of rotatable bonds is 1. The smallest absolute Gasteiger partial charge is 0.0990 e. The molecule has 1 aliphatic carbocycles. The molecule has 0 spiro atoms. The largest absolute Gasteiger partial charge is 0.358 e. The van der Waals surface area contributed by atoms with E-state index in [1.165, 1.54) is 37.9 Å². The minimum Gasteiger partial charge on any atom is -0.358 e. The van der Waals surface area contributed by atoms with Gasteiger partial charge in [0, 0.05) is 30.0 Å². The van der Waals surface area contributed by atoms with Crippen molar-refractivity contribution in [2.75, 3.05) is 18.8 Å². The van der Waals surface area contributed by atoms with Crippen molar-refractivity contribution in [3.63, 3.8) is 0 Å². The number of hydrogen-bond acceptors (Lipinski definition) is 2. The first-order valence-electron chi connectivity index (χ1n) is 6.22. The lowest BCUT2D eigenvalue weighted by Gasteiger charge is -2.36. The van der Waals surface area contributed by atoms with Crippen molar-refractivity contribution in [3.8, 4) is 0 Å². The van der Waals surface area contributed by atoms with Gasteiger partial charge in [-0.05, 0) is 12.8 Å². The standard InChI is InChI=1S/C12H22N2S/c1-10-9-14(7-8-15-10)12(13)11-5-3-2-4-6-11/h10-11,13H,2-9H2,1H3. The fourth-order valence-electron chi connectivity index (χ4n) is 2.67. The van der Waals surface area contributed by atoms with Gasteiger partial charge in [0.25, 0.3) is 0 Å². The average Bonchev–Trinajstić information content (AvgIpc) is 2.29. The van der Waals surface area contributed by atoms with Crippen molar-refractivity contribution < 1.29 is 0 Å². The first kappa shape index (κ1) is 11.3. The fraction of sp³-hybridized carbons (Fsp3) is 0.917. The molecule has 2 fully saturated rings. The lowest BCUT2D eigenvalue weighted by atomic mass is 9.88. The first-order valence-corrected chi connectivity index (χ1v) is 7.27. The van der Waals surface area contributed by atoms with Crippen LogP contribution >= 0.6 is 11.8 Å². The fourth-order valence-corrected chi connectivity index (χ4v) is 3.68. The molecule has 2 nitrogen and oxygen atoms in total. The van der Waals surface area contributed by atoms with Gasteiger partial charge in [0.2, 0.25) is 0 Å². The Kier molecular flexibility index (Phi) is 3.95. The molecule has 1 saturated heterocycles. The van der Waals surface area contributed by atoms with E-state index in [1.54, 1.807) is 0 Å². The second-order valence-corrected chi connectivity index (χ2v) is 6.39. The van der Waals surface area contributed by atoms with Gasteiger partial charge in [-0.25, -0.2) is 0 Å². The summed E-state index contributed by atoms with van der Waals surface area (Å²) in [5, 5.41) is 9.00. The molecule has 1 unspecified atom stereocenters. The Morgan fingerprint density at radius 3 is 2.67 bits per heavy atom. The van der Waals surface area contributed by atoms with Gasteiger partial charge < -0.3 is 4.90 Å². The van der Waals surface area contributed by atoms with Gasteiger partial charge in [0.1, 0.15) is 0 Å². The quantitative estimate of drug-likeness (QED) is 0.550. The summed E-state index contributed by atoms with van der Waals surface area (Å²) in [5.41, 5.74) is 0. The zero-order valence-electron chi connectivity index (χ0n) is 9.67. The lowest BCUT2D eigenvalue weighted by molar-refractivity contribution is 0.360. The van der Waals surface area contributed by atoms with Gasteiger partial charge in [-0.1, -0.05) is 26.2 Å². The second-order valence-electron chi connectivity index (χ2n) is 4.85. The summed E-state index contributed by atoms with van der Waals surface area (Å²) in [6.45, 7) is 4.48. The van der Waals surface area contributed by atoms with E-state index in [1.807, 2.05) is 11.8 Å². The van der Waals surface area contributed by atoms with E-state index >= 15 is 0 Å². The zero-order chi connectivity index (χ0) is 10.7. The maximum absolute atomic E-state index is 8.28. The van der Waals surface area contributed by atoms with Crippen LogP contribution in [0.25, 0.3) is 0 Å². The summed E-state index contributed by atoms with van der Waals surface area (Å²) >= 11 is 2.05. The monoisotopic (exact) mass is 226 g/mol. The molecule has 0 aromatic heterocycles. The molecular formula is C12H22N2S. The van der Waals surface area contributed by atoms with Gasteiger partial charge in [-0.2, -0.15) is 11.8 Å². The van der Waals surface area contributed by atoms with Crippen LogP contribution in [0.15, 0.2) is 0 Å². The summed E-state index contributed by atoms with van der Waals surface area (Å²) in [7, 11) is 0. The summed E-state index contributed by atoms with van der Waals surface area (Å²) in [5.74, 6) is 2.73. The SMILES string of the molecule is CC1CN(C(=N)C2CCCCC2)CCS1. The molecule has 1 saturated carbocycles. The van der Waals surface area contributed by atoms with Crippen LogP contribution in [-0.2, 0) is 0 Å². The highest BCUT2D eigenvalue weighted by Crippen LogP contribution is 2.27. The van der Waals surface area contributed by atoms with Crippen molar-refractivity contribution >= 4 is 17.6 Å². The number of nitrogens with zero attached hydrogens (tertiary/aromatic N) is 1. The Hall–Kier alpha value is -0.180. The first-order chi connectivity index (χ1) is 7.27. The van der Waals surface area contributed by atoms with Crippen molar-refractivity contribution in [2.45, 2.75) is 44.3 Å². The summed E-state index contributed by atoms with van der Waals surface area (Å²) in [4.78, 5) is 2.33. The molecule has 2 aliphatic rings. The lowest BCUT2D eigenvalue weighted by Crippen LogP contribution is -2.44. The van der Waals surface area contributed by atoms with Crippen LogP contribution in [0.4, 0.5) is 0 Å². The molecule has 1 N–H and O–H groups in total. The van der Waals surface area contributed by atoms with Crippen LogP contribution < -0.4 is 0 Å². The zero-order valence-corrected chi connectivity index (χ0v) is 10.5. The van der Waals surface area contributed by atoms with E-state index in [0.29, 0.717) is 11.2 Å². The van der Waals surface area contributed by atoms with Crippen LogP contribution in [0.5, 0.6) is 0 Å². The normalized spacial score (nSPS) is 29.1. The third kappa shape index (κ3) is 2.90. The molecule has 0 aromatic rings. The van der Waals surface area contributed by atoms with Gasteiger partial charge in [-0.3, -0.25) is 5.41 Å². The topological polar surface area (TPSA) is 27.1 Å². The Morgan fingerprint density at radius 2 is 2.00 bits per heavy atom. The molecule has 1 heterocycles. The molecule has 86 valence electrons. The average molecular weight is 226 g/mol. The van der Waals surface area contributed by atoms with Gasteiger partial charge in [-0.15, -0.1) is 0 Å². The Balaban J connectivity index is 1.88. The van der Waals surface area contributed by atoms with E-state index in [9.17, 15) is 0 Å². The molecular weight excluding hydrogens is 204 g/mol. The molecule has 0 radical (unpaired) electrons. The third-order valence-corrected chi connectivity index (χ3v) is 4.71. The Bertz CT molecular complexity index is 224. The van der Waals surface area contributed by atoms with Crippen LogP contribution in [0.1, 0.15) is 39.0 Å². The minimum atomic E-state index is 0.578. The van der Waals surface area contributed by atoms with Crippen LogP contribution in [0.3, 0.4) is 0 Å². The van der Waals surface area contributed by atoms with Crippen LogP contribution in [0.2, 0.25) is 0 Å². The maximum Gasteiger partial charge on any atom is 0.0990 e. The summed E-state index contributed by atoms with van der Waals surface area (Å²) < 4.78 is 0. The molecule has 0 bridgehead atoms. The van der Waals surface area contributed by atoms with Crippen molar-refractivity contribution in [3.05, 3.63) is 0 Å². The summed E-state index contributed by atoms with van der Waals surface area (Å²) in [6, 6.07) is 0. The Labute approximate surface area is 97.3 Å². The van der Waals surface area contributed by atoms with E-state index in [2.05, 4.69) is 11.8 Å². The van der Waals surface area contributed by atoms with Gasteiger partial charge >= 0.3 is 0 Å². The van der Waals surface area contributed by atoms with Crippen LogP contribution in [0, 0.1) is 11.3 Å². The highest BCUT2D eigenvalue weighted by atomic mass is 32.2. The highest BCUT2D eigenvalue weighted by Gasteiger charge is 2.25. The molecule has 2 rings (SSSR count). The third-order valence-electron chi connectivity index (χ3n) is 3.57. The molecule has 0 aromatic carbocycles. The van der Waals surface area contributed by atoms with Gasteiger partial charge in [0.05, 0.1) is 5.84 Å². The number of hydrogen-bond donors (Lipinski definition) is 1. The van der Waals surface area contributed by atoms with E-state index in [4.69, 9.17) is 5.41 Å². The van der Waals surface area contributed by atoms with Crippen molar-refractivity contribution in [1.82, 2.24) is 4.90 Å². The highest BCUT2D eigenvalue weighted by molar-refractivity contribution is 7.99. The maximum atomic E-state index is 8.28. The number of amidine groups is 1. The van der Waals surface area contributed by atoms with E-state index in [0.717, 1.165) is 18.9 Å². The van der Waals surface area contributed by atoms with E-state index < -0.39 is 0 Å². The van der Waals surface area contributed by atoms with Gasteiger partial charge in [0.15, 0.2) is 0 Å². The second kappa shape index (κ2) is 5.24. The summed E-state index contributed by atoms with van der Waals surface area (Å²) in [6.07, 6.45) is 6.58. The van der Waals surface area contributed by atoms with Crippen LogP contribution in [-0.4, -0.2) is 34.8 Å². The number of thioether (sulfide) groups is 1. The predicted molar refractivity (Wildman–Crippen MR) is 67.8 cm³/mol. The molecule has 1 aliphatic heterocycles. The Morgan fingerprint density at radius 1 is 1.27 bits per heavy atom.